The van der Waals surface area contributed by atoms with Crippen molar-refractivity contribution in [3.8, 4) is 0 Å². The Balaban J connectivity index is 2.35. The Morgan fingerprint density at radius 3 is 2.39 bits per heavy atom. The third-order valence-electron chi connectivity index (χ3n) is 5.99. The predicted molar refractivity (Wildman–Crippen MR) is 78.6 cm³/mol. The molecule has 1 saturated carbocycles. The summed E-state index contributed by atoms with van der Waals surface area (Å²) in [7, 11) is 0. The zero-order valence-electron chi connectivity index (χ0n) is 12.8. The Morgan fingerprint density at radius 2 is 1.83 bits per heavy atom. The van der Waals surface area contributed by atoms with Crippen molar-refractivity contribution in [3.63, 3.8) is 0 Å². The van der Waals surface area contributed by atoms with Crippen molar-refractivity contribution >= 4 is 0 Å². The van der Waals surface area contributed by atoms with Crippen LogP contribution < -0.4 is 5.73 Å². The van der Waals surface area contributed by atoms with Crippen molar-refractivity contribution in [2.45, 2.75) is 90.3 Å². The van der Waals surface area contributed by atoms with Crippen LogP contribution in [0.1, 0.15) is 72.6 Å². The monoisotopic (exact) mass is 252 g/mol. The van der Waals surface area contributed by atoms with Gasteiger partial charge in [0.05, 0.1) is 0 Å². The van der Waals surface area contributed by atoms with Gasteiger partial charge in [0.15, 0.2) is 0 Å². The molecule has 2 N–H and O–H groups in total. The summed E-state index contributed by atoms with van der Waals surface area (Å²) in [5.41, 5.74) is 6.95. The van der Waals surface area contributed by atoms with Gasteiger partial charge in [0.1, 0.15) is 0 Å². The third-order valence-corrected chi connectivity index (χ3v) is 5.99. The molecule has 0 aromatic heterocycles. The zero-order chi connectivity index (χ0) is 13.4. The molecule has 1 aliphatic heterocycles. The van der Waals surface area contributed by atoms with Gasteiger partial charge in [-0.15, -0.1) is 0 Å². The minimum absolute atomic E-state index is 0.252. The highest BCUT2D eigenvalue weighted by atomic mass is 15.3. The highest BCUT2D eigenvalue weighted by Gasteiger charge is 2.53. The first-order chi connectivity index (χ1) is 8.48. The van der Waals surface area contributed by atoms with Crippen molar-refractivity contribution in [1.29, 1.82) is 0 Å². The number of hydrogen-bond donors (Lipinski definition) is 1. The Kier molecular flexibility index (Phi) is 4.08. The van der Waals surface area contributed by atoms with E-state index in [1.54, 1.807) is 0 Å². The van der Waals surface area contributed by atoms with E-state index in [0.717, 1.165) is 18.6 Å². The molecule has 0 radical (unpaired) electrons. The Bertz CT molecular complexity index is 287. The van der Waals surface area contributed by atoms with Crippen LogP contribution in [0.3, 0.4) is 0 Å². The highest BCUT2D eigenvalue weighted by Crippen LogP contribution is 2.50. The maximum atomic E-state index is 6.33. The molecule has 0 spiro atoms. The molecule has 2 nitrogen and oxygen atoms in total. The molecule has 0 aromatic carbocycles. The highest BCUT2D eigenvalue weighted by molar-refractivity contribution is 5.09. The minimum atomic E-state index is 0.252. The van der Waals surface area contributed by atoms with Gasteiger partial charge in [-0.3, -0.25) is 4.90 Å². The van der Waals surface area contributed by atoms with E-state index < -0.39 is 0 Å². The maximum Gasteiger partial charge on any atom is 0.0388 e. The predicted octanol–water partition coefficient (Wildman–Crippen LogP) is 3.55. The summed E-state index contributed by atoms with van der Waals surface area (Å²) in [6.45, 7) is 10.5. The summed E-state index contributed by atoms with van der Waals surface area (Å²) in [5.74, 6) is 0. The van der Waals surface area contributed by atoms with Crippen LogP contribution in [0.5, 0.6) is 0 Å². The lowest BCUT2D eigenvalue weighted by Gasteiger charge is -2.58. The third kappa shape index (κ3) is 2.02. The van der Waals surface area contributed by atoms with Crippen molar-refractivity contribution in [2.75, 3.05) is 6.54 Å². The van der Waals surface area contributed by atoms with Gasteiger partial charge in [-0.25, -0.2) is 0 Å². The number of rotatable bonds is 3. The van der Waals surface area contributed by atoms with Gasteiger partial charge >= 0.3 is 0 Å². The lowest BCUT2D eigenvalue weighted by Crippen LogP contribution is -2.66. The van der Waals surface area contributed by atoms with Crippen LogP contribution in [-0.2, 0) is 0 Å². The second-order valence-electron chi connectivity index (χ2n) is 7.22. The first-order valence-corrected chi connectivity index (χ1v) is 7.97. The van der Waals surface area contributed by atoms with Crippen molar-refractivity contribution in [3.05, 3.63) is 0 Å². The molecule has 2 heteroatoms. The molecule has 2 rings (SSSR count). The molecule has 106 valence electrons. The molecule has 0 bridgehead atoms. The van der Waals surface area contributed by atoms with E-state index >= 15 is 0 Å². The Labute approximate surface area is 113 Å². The molecule has 1 heterocycles. The number of nitrogens with two attached hydrogens (primary N) is 1. The van der Waals surface area contributed by atoms with Crippen LogP contribution in [0.2, 0.25) is 0 Å². The maximum absolute atomic E-state index is 6.33. The van der Waals surface area contributed by atoms with Crippen LogP contribution >= 0.6 is 0 Å². The summed E-state index contributed by atoms with van der Waals surface area (Å²) >= 11 is 0. The molecule has 18 heavy (non-hydrogen) atoms. The smallest absolute Gasteiger partial charge is 0.0388 e. The number of hydrogen-bond acceptors (Lipinski definition) is 2. The molecule has 3 atom stereocenters. The SMILES string of the molecule is CCC1CCC(C)N1C1(CN)CCCCC1(C)C. The second-order valence-corrected chi connectivity index (χ2v) is 7.22. The summed E-state index contributed by atoms with van der Waals surface area (Å²) in [6.07, 6.45) is 9.39. The second kappa shape index (κ2) is 5.13. The van der Waals surface area contributed by atoms with Crippen molar-refractivity contribution < 1.29 is 0 Å². The first-order valence-electron chi connectivity index (χ1n) is 7.97. The van der Waals surface area contributed by atoms with Gasteiger partial charge in [-0.05, 0) is 44.4 Å². The van der Waals surface area contributed by atoms with E-state index in [2.05, 4.69) is 32.6 Å². The Morgan fingerprint density at radius 1 is 1.17 bits per heavy atom. The Hall–Kier alpha value is -0.0800. The number of likely N-dealkylation sites (tertiary alicyclic amines) is 1. The van der Waals surface area contributed by atoms with E-state index in [9.17, 15) is 0 Å². The topological polar surface area (TPSA) is 29.3 Å². The fourth-order valence-corrected chi connectivity index (χ4v) is 4.76. The molecule has 1 aliphatic carbocycles. The van der Waals surface area contributed by atoms with Crippen LogP contribution in [0.15, 0.2) is 0 Å². The van der Waals surface area contributed by atoms with E-state index in [0.29, 0.717) is 5.41 Å². The fourth-order valence-electron chi connectivity index (χ4n) is 4.76. The lowest BCUT2D eigenvalue weighted by atomic mass is 9.61. The van der Waals surface area contributed by atoms with Gasteiger partial charge in [-0.2, -0.15) is 0 Å². The van der Waals surface area contributed by atoms with Gasteiger partial charge < -0.3 is 5.73 Å². The van der Waals surface area contributed by atoms with Crippen LogP contribution in [0, 0.1) is 5.41 Å². The first kappa shape index (κ1) is 14.3. The van der Waals surface area contributed by atoms with Crippen LogP contribution in [-0.4, -0.2) is 29.1 Å². The largest absolute Gasteiger partial charge is 0.329 e. The van der Waals surface area contributed by atoms with E-state index in [4.69, 9.17) is 5.73 Å². The van der Waals surface area contributed by atoms with E-state index in [1.165, 1.54) is 44.9 Å². The average Bonchev–Trinajstić information content (AvgIpc) is 2.71. The quantitative estimate of drug-likeness (QED) is 0.832. The summed E-state index contributed by atoms with van der Waals surface area (Å²) in [6, 6.07) is 1.48. The molecule has 0 amide bonds. The average molecular weight is 252 g/mol. The summed E-state index contributed by atoms with van der Waals surface area (Å²) < 4.78 is 0. The summed E-state index contributed by atoms with van der Waals surface area (Å²) in [5, 5.41) is 0. The van der Waals surface area contributed by atoms with Crippen molar-refractivity contribution in [2.24, 2.45) is 11.1 Å². The molecule has 0 aromatic rings. The summed E-state index contributed by atoms with van der Waals surface area (Å²) in [4.78, 5) is 2.84. The van der Waals surface area contributed by atoms with Crippen LogP contribution in [0.25, 0.3) is 0 Å². The van der Waals surface area contributed by atoms with Gasteiger partial charge in [-0.1, -0.05) is 33.6 Å². The van der Waals surface area contributed by atoms with E-state index in [-0.39, 0.29) is 5.54 Å². The molecular formula is C16H32N2. The standard InChI is InChI=1S/C16H32N2/c1-5-14-9-8-13(2)18(14)16(12-17)11-7-6-10-15(16,3)4/h13-14H,5-12,17H2,1-4H3. The van der Waals surface area contributed by atoms with Gasteiger partial charge in [0.2, 0.25) is 0 Å². The number of nitrogens with zero attached hydrogens (tertiary/aromatic N) is 1. The molecular weight excluding hydrogens is 220 g/mol. The van der Waals surface area contributed by atoms with Crippen LogP contribution in [0.4, 0.5) is 0 Å². The minimum Gasteiger partial charge on any atom is -0.329 e. The molecule has 1 saturated heterocycles. The molecule has 2 fully saturated rings. The fraction of sp³-hybridized carbons (Fsp3) is 1.00. The van der Waals surface area contributed by atoms with Gasteiger partial charge in [0.25, 0.3) is 0 Å². The normalized spacial score (nSPS) is 41.2. The van der Waals surface area contributed by atoms with Crippen molar-refractivity contribution in [1.82, 2.24) is 4.90 Å². The molecule has 3 unspecified atom stereocenters. The molecule has 2 aliphatic rings. The zero-order valence-corrected chi connectivity index (χ0v) is 12.8. The van der Waals surface area contributed by atoms with Gasteiger partial charge in [0, 0.05) is 24.2 Å². The lowest BCUT2D eigenvalue weighted by molar-refractivity contribution is -0.0697. The van der Waals surface area contributed by atoms with E-state index in [1.807, 2.05) is 0 Å².